The molecular weight excluding hydrogens is 264 g/mol. The van der Waals surface area contributed by atoms with E-state index in [1.54, 1.807) is 12.4 Å². The molecule has 76 valence electrons. The van der Waals surface area contributed by atoms with Crippen molar-refractivity contribution >= 4 is 21.9 Å². The first-order chi connectivity index (χ1) is 7.16. The maximum atomic E-state index is 10.6. The third kappa shape index (κ3) is 2.01. The second-order valence-electron chi connectivity index (χ2n) is 2.67. The molecule has 0 saturated heterocycles. The lowest BCUT2D eigenvalue weighted by Crippen LogP contribution is -2.06. The average molecular weight is 269 g/mol. The van der Waals surface area contributed by atoms with Crippen molar-refractivity contribution in [1.29, 1.82) is 0 Å². The molecule has 2 aromatic heterocycles. The standard InChI is InChI=1S/C8H5BrN4O2/c9-5-1-11-13(4-5)7-3-10-2-6(12-7)8(14)15/h1-4H,(H,14,15). The highest BCUT2D eigenvalue weighted by molar-refractivity contribution is 9.10. The summed E-state index contributed by atoms with van der Waals surface area (Å²) < 4.78 is 2.22. The van der Waals surface area contributed by atoms with Crippen molar-refractivity contribution in [2.75, 3.05) is 0 Å². The van der Waals surface area contributed by atoms with Crippen LogP contribution in [-0.4, -0.2) is 30.8 Å². The fraction of sp³-hybridized carbons (Fsp3) is 0. The van der Waals surface area contributed by atoms with Crippen molar-refractivity contribution in [1.82, 2.24) is 19.7 Å². The van der Waals surface area contributed by atoms with Crippen LogP contribution in [0.5, 0.6) is 0 Å². The Balaban J connectivity index is 2.45. The Kier molecular flexibility index (Phi) is 2.46. The molecule has 2 aromatic rings. The van der Waals surface area contributed by atoms with Crippen LogP contribution in [0.25, 0.3) is 5.82 Å². The summed E-state index contributed by atoms with van der Waals surface area (Å²) in [6, 6.07) is 0. The molecule has 0 aromatic carbocycles. The van der Waals surface area contributed by atoms with E-state index in [4.69, 9.17) is 5.11 Å². The van der Waals surface area contributed by atoms with Crippen molar-refractivity contribution in [3.05, 3.63) is 35.0 Å². The van der Waals surface area contributed by atoms with E-state index < -0.39 is 5.97 Å². The average Bonchev–Trinajstić information content (AvgIpc) is 2.65. The van der Waals surface area contributed by atoms with Gasteiger partial charge < -0.3 is 5.11 Å². The molecule has 0 amide bonds. The third-order valence-electron chi connectivity index (χ3n) is 1.63. The maximum absolute atomic E-state index is 10.6. The van der Waals surface area contributed by atoms with Crippen molar-refractivity contribution < 1.29 is 9.90 Å². The number of carboxylic acid groups (broad SMARTS) is 1. The van der Waals surface area contributed by atoms with Gasteiger partial charge in [0.25, 0.3) is 0 Å². The number of aromatic nitrogens is 4. The SMILES string of the molecule is O=C(O)c1cncc(-n2cc(Br)cn2)n1. The topological polar surface area (TPSA) is 80.9 Å². The normalized spacial score (nSPS) is 10.2. The number of rotatable bonds is 2. The van der Waals surface area contributed by atoms with Gasteiger partial charge in [0.15, 0.2) is 11.5 Å². The number of aromatic carboxylic acids is 1. The second-order valence-corrected chi connectivity index (χ2v) is 3.59. The minimum Gasteiger partial charge on any atom is -0.476 e. The number of hydrogen-bond donors (Lipinski definition) is 1. The molecule has 1 N–H and O–H groups in total. The quantitative estimate of drug-likeness (QED) is 0.883. The molecule has 2 rings (SSSR count). The van der Waals surface area contributed by atoms with Crippen LogP contribution < -0.4 is 0 Å². The lowest BCUT2D eigenvalue weighted by molar-refractivity contribution is 0.0690. The van der Waals surface area contributed by atoms with Gasteiger partial charge in [0.2, 0.25) is 0 Å². The Morgan fingerprint density at radius 1 is 1.40 bits per heavy atom. The molecule has 0 aliphatic heterocycles. The minimum absolute atomic E-state index is 0.112. The van der Waals surface area contributed by atoms with Crippen molar-refractivity contribution in [3.8, 4) is 5.82 Å². The monoisotopic (exact) mass is 268 g/mol. The molecular formula is C8H5BrN4O2. The van der Waals surface area contributed by atoms with Gasteiger partial charge in [-0.25, -0.2) is 14.5 Å². The molecule has 15 heavy (non-hydrogen) atoms. The Morgan fingerprint density at radius 3 is 2.80 bits per heavy atom. The van der Waals surface area contributed by atoms with E-state index in [1.807, 2.05) is 0 Å². The fourth-order valence-electron chi connectivity index (χ4n) is 0.995. The van der Waals surface area contributed by atoms with Gasteiger partial charge in [0.05, 0.1) is 23.1 Å². The molecule has 0 saturated carbocycles. The first-order valence-corrected chi connectivity index (χ1v) is 4.72. The first-order valence-electron chi connectivity index (χ1n) is 3.93. The molecule has 0 unspecified atom stereocenters. The number of carbonyl (C=O) groups is 1. The Hall–Kier alpha value is -1.76. The highest BCUT2D eigenvalue weighted by Crippen LogP contribution is 2.10. The highest BCUT2D eigenvalue weighted by atomic mass is 79.9. The smallest absolute Gasteiger partial charge is 0.356 e. The zero-order valence-electron chi connectivity index (χ0n) is 7.33. The van der Waals surface area contributed by atoms with Gasteiger partial charge >= 0.3 is 5.97 Å². The van der Waals surface area contributed by atoms with Crippen LogP contribution in [-0.2, 0) is 0 Å². The van der Waals surface area contributed by atoms with Crippen molar-refractivity contribution in [2.24, 2.45) is 0 Å². The van der Waals surface area contributed by atoms with E-state index in [-0.39, 0.29) is 5.69 Å². The van der Waals surface area contributed by atoms with Gasteiger partial charge in [-0.15, -0.1) is 0 Å². The van der Waals surface area contributed by atoms with Gasteiger partial charge in [0.1, 0.15) is 0 Å². The third-order valence-corrected chi connectivity index (χ3v) is 2.04. The summed E-state index contributed by atoms with van der Waals surface area (Å²) in [5, 5.41) is 12.7. The summed E-state index contributed by atoms with van der Waals surface area (Å²) in [4.78, 5) is 18.3. The van der Waals surface area contributed by atoms with Crippen LogP contribution in [0.3, 0.4) is 0 Å². The predicted octanol–water partition coefficient (Wildman–Crippen LogP) is 1.12. The Labute approximate surface area is 92.7 Å². The highest BCUT2D eigenvalue weighted by Gasteiger charge is 2.07. The predicted molar refractivity (Wildman–Crippen MR) is 53.8 cm³/mol. The lowest BCUT2D eigenvalue weighted by atomic mass is 10.4. The largest absolute Gasteiger partial charge is 0.476 e. The molecule has 7 heteroatoms. The zero-order valence-corrected chi connectivity index (χ0v) is 8.92. The van der Waals surface area contributed by atoms with Gasteiger partial charge in [-0.2, -0.15) is 5.10 Å². The summed E-state index contributed by atoms with van der Waals surface area (Å²) in [7, 11) is 0. The summed E-state index contributed by atoms with van der Waals surface area (Å²) in [6.45, 7) is 0. The first kappa shape index (κ1) is 9.78. The molecule has 0 aliphatic rings. The number of nitrogens with zero attached hydrogens (tertiary/aromatic N) is 4. The van der Waals surface area contributed by atoms with E-state index in [0.29, 0.717) is 5.82 Å². The van der Waals surface area contributed by atoms with E-state index in [9.17, 15) is 4.79 Å². The van der Waals surface area contributed by atoms with Crippen molar-refractivity contribution in [3.63, 3.8) is 0 Å². The summed E-state index contributed by atoms with van der Waals surface area (Å²) in [5.74, 6) is -0.754. The summed E-state index contributed by atoms with van der Waals surface area (Å²) >= 11 is 3.23. The number of hydrogen-bond acceptors (Lipinski definition) is 4. The van der Waals surface area contributed by atoms with Crippen LogP contribution in [0.4, 0.5) is 0 Å². The van der Waals surface area contributed by atoms with Gasteiger partial charge in [0, 0.05) is 6.20 Å². The van der Waals surface area contributed by atoms with Crippen LogP contribution >= 0.6 is 15.9 Å². The lowest BCUT2D eigenvalue weighted by Gasteiger charge is -1.99. The number of carboxylic acids is 1. The Bertz CT molecular complexity index is 511. The second kappa shape index (κ2) is 3.77. The Morgan fingerprint density at radius 2 is 2.20 bits per heavy atom. The van der Waals surface area contributed by atoms with Crippen LogP contribution in [0, 0.1) is 0 Å². The van der Waals surface area contributed by atoms with E-state index in [0.717, 1.165) is 4.47 Å². The van der Waals surface area contributed by atoms with Gasteiger partial charge in [-0.05, 0) is 15.9 Å². The van der Waals surface area contributed by atoms with Crippen LogP contribution in [0.1, 0.15) is 10.5 Å². The van der Waals surface area contributed by atoms with E-state index in [2.05, 4.69) is 31.0 Å². The van der Waals surface area contributed by atoms with Crippen LogP contribution in [0.2, 0.25) is 0 Å². The van der Waals surface area contributed by atoms with Gasteiger partial charge in [-0.1, -0.05) is 0 Å². The zero-order chi connectivity index (χ0) is 10.8. The number of halogens is 1. The van der Waals surface area contributed by atoms with Gasteiger partial charge in [-0.3, -0.25) is 4.98 Å². The molecule has 0 atom stereocenters. The van der Waals surface area contributed by atoms with Crippen molar-refractivity contribution in [2.45, 2.75) is 0 Å². The van der Waals surface area contributed by atoms with E-state index >= 15 is 0 Å². The summed E-state index contributed by atoms with van der Waals surface area (Å²) in [5.41, 5.74) is -0.112. The molecule has 0 bridgehead atoms. The molecule has 0 radical (unpaired) electrons. The fourth-order valence-corrected chi connectivity index (χ4v) is 1.28. The minimum atomic E-state index is -1.12. The molecule has 0 fully saturated rings. The van der Waals surface area contributed by atoms with E-state index in [1.165, 1.54) is 17.1 Å². The molecule has 6 nitrogen and oxygen atoms in total. The van der Waals surface area contributed by atoms with Crippen LogP contribution in [0.15, 0.2) is 29.3 Å². The molecule has 2 heterocycles. The summed E-state index contributed by atoms with van der Waals surface area (Å²) in [6.07, 6.45) is 5.86. The molecule has 0 spiro atoms. The maximum Gasteiger partial charge on any atom is 0.356 e. The molecule has 0 aliphatic carbocycles.